The fourth-order valence-electron chi connectivity index (χ4n) is 2.98. The predicted molar refractivity (Wildman–Crippen MR) is 76.8 cm³/mol. The van der Waals surface area contributed by atoms with Crippen LogP contribution in [0.2, 0.25) is 0 Å². The van der Waals surface area contributed by atoms with Crippen molar-refractivity contribution in [3.8, 4) is 0 Å². The van der Waals surface area contributed by atoms with Crippen molar-refractivity contribution in [2.75, 3.05) is 19.7 Å². The van der Waals surface area contributed by atoms with Gasteiger partial charge in [-0.05, 0) is 36.9 Å². The molecular formula is C16H20N2O. The molecule has 0 bridgehead atoms. The molecule has 3 nitrogen and oxygen atoms in total. The van der Waals surface area contributed by atoms with Crippen LogP contribution in [0.15, 0.2) is 36.5 Å². The van der Waals surface area contributed by atoms with Gasteiger partial charge in [0.25, 0.3) is 0 Å². The number of para-hydroxylation sites is 1. The van der Waals surface area contributed by atoms with Crippen LogP contribution in [0, 0.1) is 5.92 Å². The number of likely N-dealkylation sites (tertiary alicyclic amines) is 1. The van der Waals surface area contributed by atoms with Crippen LogP contribution >= 0.6 is 0 Å². The van der Waals surface area contributed by atoms with Gasteiger partial charge in [-0.25, -0.2) is 0 Å². The SMILES string of the molecule is OCC1CCCN(Cc2cccc3cccnc23)C1. The molecule has 19 heavy (non-hydrogen) atoms. The van der Waals surface area contributed by atoms with E-state index in [0.29, 0.717) is 12.5 Å². The molecule has 0 amide bonds. The molecule has 100 valence electrons. The molecular weight excluding hydrogens is 236 g/mol. The number of aliphatic hydroxyl groups is 1. The smallest absolute Gasteiger partial charge is 0.0746 e. The van der Waals surface area contributed by atoms with E-state index < -0.39 is 0 Å². The van der Waals surface area contributed by atoms with Gasteiger partial charge in [-0.3, -0.25) is 9.88 Å². The number of aromatic nitrogens is 1. The summed E-state index contributed by atoms with van der Waals surface area (Å²) in [4.78, 5) is 6.95. The lowest BCUT2D eigenvalue weighted by molar-refractivity contribution is 0.116. The zero-order valence-electron chi connectivity index (χ0n) is 11.1. The van der Waals surface area contributed by atoms with Crippen molar-refractivity contribution in [2.24, 2.45) is 5.92 Å². The third kappa shape index (κ3) is 2.77. The second-order valence-electron chi connectivity index (χ2n) is 5.42. The van der Waals surface area contributed by atoms with Gasteiger partial charge >= 0.3 is 0 Å². The molecule has 2 heterocycles. The Balaban J connectivity index is 1.81. The van der Waals surface area contributed by atoms with Crippen LogP contribution in [-0.2, 0) is 6.54 Å². The molecule has 1 aromatic heterocycles. The van der Waals surface area contributed by atoms with E-state index in [1.807, 2.05) is 12.3 Å². The van der Waals surface area contributed by atoms with E-state index >= 15 is 0 Å². The zero-order chi connectivity index (χ0) is 13.1. The number of rotatable bonds is 3. The number of hydrogen-bond acceptors (Lipinski definition) is 3. The van der Waals surface area contributed by atoms with Crippen LogP contribution in [0.25, 0.3) is 10.9 Å². The van der Waals surface area contributed by atoms with Crippen molar-refractivity contribution < 1.29 is 5.11 Å². The van der Waals surface area contributed by atoms with Crippen molar-refractivity contribution in [3.63, 3.8) is 0 Å². The molecule has 1 saturated heterocycles. The first-order chi connectivity index (χ1) is 9.36. The maximum Gasteiger partial charge on any atom is 0.0746 e. The highest BCUT2D eigenvalue weighted by Gasteiger charge is 2.19. The quantitative estimate of drug-likeness (QED) is 0.916. The summed E-state index contributed by atoms with van der Waals surface area (Å²) in [5.74, 6) is 0.441. The molecule has 1 aliphatic rings. The van der Waals surface area contributed by atoms with Crippen LogP contribution in [0.3, 0.4) is 0 Å². The van der Waals surface area contributed by atoms with Gasteiger partial charge in [0.1, 0.15) is 0 Å². The van der Waals surface area contributed by atoms with Crippen LogP contribution in [-0.4, -0.2) is 34.7 Å². The van der Waals surface area contributed by atoms with Crippen LogP contribution < -0.4 is 0 Å². The summed E-state index contributed by atoms with van der Waals surface area (Å²) < 4.78 is 0. The van der Waals surface area contributed by atoms with Crippen molar-refractivity contribution in [3.05, 3.63) is 42.1 Å². The zero-order valence-corrected chi connectivity index (χ0v) is 11.1. The highest BCUT2D eigenvalue weighted by molar-refractivity contribution is 5.81. The molecule has 3 heteroatoms. The largest absolute Gasteiger partial charge is 0.396 e. The summed E-state index contributed by atoms with van der Waals surface area (Å²) >= 11 is 0. The van der Waals surface area contributed by atoms with Crippen LogP contribution in [0.4, 0.5) is 0 Å². The lowest BCUT2D eigenvalue weighted by Crippen LogP contribution is -2.36. The molecule has 1 aliphatic heterocycles. The highest BCUT2D eigenvalue weighted by Crippen LogP contribution is 2.21. The Bertz CT molecular complexity index is 550. The maximum atomic E-state index is 9.31. The van der Waals surface area contributed by atoms with Gasteiger partial charge < -0.3 is 5.11 Å². The second kappa shape index (κ2) is 5.68. The van der Waals surface area contributed by atoms with Gasteiger partial charge in [-0.2, -0.15) is 0 Å². The van der Waals surface area contributed by atoms with Gasteiger partial charge in [0, 0.05) is 31.3 Å². The Morgan fingerprint density at radius 2 is 2.16 bits per heavy atom. The maximum absolute atomic E-state index is 9.31. The second-order valence-corrected chi connectivity index (χ2v) is 5.42. The average molecular weight is 256 g/mol. The van der Waals surface area contributed by atoms with Crippen molar-refractivity contribution >= 4 is 10.9 Å². The molecule has 3 rings (SSSR count). The summed E-state index contributed by atoms with van der Waals surface area (Å²) in [6.45, 7) is 3.37. The number of benzene rings is 1. The monoisotopic (exact) mass is 256 g/mol. The van der Waals surface area contributed by atoms with Crippen molar-refractivity contribution in [2.45, 2.75) is 19.4 Å². The lowest BCUT2D eigenvalue weighted by Gasteiger charge is -2.31. The Hall–Kier alpha value is -1.45. The van der Waals surface area contributed by atoms with Crippen molar-refractivity contribution in [1.82, 2.24) is 9.88 Å². The molecule has 0 radical (unpaired) electrons. The molecule has 1 N–H and O–H groups in total. The minimum atomic E-state index is 0.310. The van der Waals surface area contributed by atoms with E-state index in [9.17, 15) is 5.11 Å². The highest BCUT2D eigenvalue weighted by atomic mass is 16.3. The first kappa shape index (κ1) is 12.6. The van der Waals surface area contributed by atoms with Crippen LogP contribution in [0.5, 0.6) is 0 Å². The van der Waals surface area contributed by atoms with E-state index in [1.165, 1.54) is 17.4 Å². The average Bonchev–Trinajstić information content (AvgIpc) is 2.48. The summed E-state index contributed by atoms with van der Waals surface area (Å²) in [6.07, 6.45) is 4.20. The minimum absolute atomic E-state index is 0.310. The number of nitrogens with zero attached hydrogens (tertiary/aromatic N) is 2. The third-order valence-corrected chi connectivity index (χ3v) is 3.97. The third-order valence-electron chi connectivity index (χ3n) is 3.97. The van der Waals surface area contributed by atoms with E-state index in [-0.39, 0.29) is 0 Å². The number of piperidine rings is 1. The van der Waals surface area contributed by atoms with Gasteiger partial charge in [-0.15, -0.1) is 0 Å². The van der Waals surface area contributed by atoms with E-state index in [2.05, 4.69) is 34.1 Å². The Morgan fingerprint density at radius 1 is 1.26 bits per heavy atom. The number of aliphatic hydroxyl groups excluding tert-OH is 1. The fourth-order valence-corrected chi connectivity index (χ4v) is 2.98. The summed E-state index contributed by atoms with van der Waals surface area (Å²) in [5.41, 5.74) is 2.40. The minimum Gasteiger partial charge on any atom is -0.396 e. The molecule has 0 aliphatic carbocycles. The number of fused-ring (bicyclic) bond motifs is 1. The summed E-state index contributed by atoms with van der Waals surface area (Å²) in [6, 6.07) is 10.5. The molecule has 0 spiro atoms. The van der Waals surface area contributed by atoms with Crippen molar-refractivity contribution in [1.29, 1.82) is 0 Å². The Morgan fingerprint density at radius 3 is 3.05 bits per heavy atom. The van der Waals surface area contributed by atoms with E-state index in [1.54, 1.807) is 0 Å². The molecule has 1 fully saturated rings. The Kier molecular flexibility index (Phi) is 3.76. The standard InChI is InChI=1S/C16H20N2O/c19-12-13-4-3-9-18(10-13)11-15-6-1-5-14-7-2-8-17-16(14)15/h1-2,5-8,13,19H,3-4,9-12H2. The predicted octanol–water partition coefficient (Wildman–Crippen LogP) is 2.44. The van der Waals surface area contributed by atoms with Gasteiger partial charge in [-0.1, -0.05) is 24.3 Å². The van der Waals surface area contributed by atoms with Crippen LogP contribution in [0.1, 0.15) is 18.4 Å². The summed E-state index contributed by atoms with van der Waals surface area (Å²) in [5, 5.41) is 10.5. The molecule has 1 atom stereocenters. The first-order valence-corrected chi connectivity index (χ1v) is 7.02. The first-order valence-electron chi connectivity index (χ1n) is 7.02. The normalized spacial score (nSPS) is 20.8. The number of pyridine rings is 1. The Labute approximate surface area is 113 Å². The summed E-state index contributed by atoms with van der Waals surface area (Å²) in [7, 11) is 0. The molecule has 2 aromatic rings. The lowest BCUT2D eigenvalue weighted by atomic mass is 9.98. The van der Waals surface area contributed by atoms with Gasteiger partial charge in [0.15, 0.2) is 0 Å². The topological polar surface area (TPSA) is 36.4 Å². The van der Waals surface area contributed by atoms with Gasteiger partial charge in [0.05, 0.1) is 5.52 Å². The fraction of sp³-hybridized carbons (Fsp3) is 0.438. The van der Waals surface area contributed by atoms with E-state index in [4.69, 9.17) is 0 Å². The molecule has 0 saturated carbocycles. The molecule has 1 aromatic carbocycles. The van der Waals surface area contributed by atoms with Gasteiger partial charge in [0.2, 0.25) is 0 Å². The molecule has 1 unspecified atom stereocenters. The van der Waals surface area contributed by atoms with E-state index in [0.717, 1.165) is 31.6 Å². The number of hydrogen-bond donors (Lipinski definition) is 1.